The molecule has 2 saturated heterocycles. The van der Waals surface area contributed by atoms with E-state index >= 15 is 0 Å². The normalized spacial score (nSPS) is 25.1. The lowest BCUT2D eigenvalue weighted by molar-refractivity contribution is 0.140. The van der Waals surface area contributed by atoms with E-state index < -0.39 is 0 Å². The number of benzene rings is 2. The molecule has 2 aromatic carbocycles. The maximum absolute atomic E-state index is 6.30. The van der Waals surface area contributed by atoms with E-state index in [4.69, 9.17) is 19.9 Å². The van der Waals surface area contributed by atoms with Crippen LogP contribution in [0.15, 0.2) is 42.5 Å². The number of thioether (sulfide) groups is 2. The van der Waals surface area contributed by atoms with Crippen molar-refractivity contribution in [2.75, 3.05) is 32.4 Å². The number of nitrogens with one attached hydrogen (secondary N) is 5. The number of ether oxygens (including phenoxy) is 3. The van der Waals surface area contributed by atoms with Crippen molar-refractivity contribution in [1.29, 1.82) is 0 Å². The summed E-state index contributed by atoms with van der Waals surface area (Å²) >= 11 is 3.27. The van der Waals surface area contributed by atoms with Gasteiger partial charge in [0.15, 0.2) is 11.1 Å². The summed E-state index contributed by atoms with van der Waals surface area (Å²) in [4.78, 5) is 0. The average Bonchev–Trinajstić information content (AvgIpc) is 3.56. The van der Waals surface area contributed by atoms with Crippen LogP contribution in [0.5, 0.6) is 5.75 Å². The molecule has 4 unspecified atom stereocenters. The summed E-state index contributed by atoms with van der Waals surface area (Å²) in [6.45, 7) is 0. The van der Waals surface area contributed by atoms with Crippen molar-refractivity contribution < 1.29 is 14.2 Å². The standard InChI is InChI=1S/C21H27N7O3S2/c1-29-11-8-9-15-12(10-11)16(18-24-26-20(30-2)32-18)17(23-14-7-5-4-6-13(14)22)28(15)19-25-27-21(31-3)33-19/h4-10,18-21,23-27H,22H2,1-3H3. The van der Waals surface area contributed by atoms with Crippen LogP contribution in [0.3, 0.4) is 0 Å². The number of hydrogen-bond acceptors (Lipinski definition) is 11. The Bertz CT molecular complexity index is 1140. The number of nitrogens with two attached hydrogens (primary N) is 1. The zero-order chi connectivity index (χ0) is 22.9. The minimum Gasteiger partial charge on any atom is -0.497 e. The molecule has 3 heterocycles. The second kappa shape index (κ2) is 9.60. The van der Waals surface area contributed by atoms with E-state index in [2.05, 4.69) is 43.7 Å². The molecule has 4 atom stereocenters. The Morgan fingerprint density at radius 3 is 2.39 bits per heavy atom. The molecule has 3 aromatic rings. The van der Waals surface area contributed by atoms with Crippen molar-refractivity contribution in [1.82, 2.24) is 26.3 Å². The van der Waals surface area contributed by atoms with Crippen LogP contribution in [-0.2, 0) is 9.47 Å². The summed E-state index contributed by atoms with van der Waals surface area (Å²) in [7, 11) is 5.03. The predicted molar refractivity (Wildman–Crippen MR) is 134 cm³/mol. The number of methoxy groups -OCH3 is 3. The van der Waals surface area contributed by atoms with Crippen molar-refractivity contribution in [2.45, 2.75) is 22.0 Å². The molecule has 12 heteroatoms. The third-order valence-electron chi connectivity index (χ3n) is 5.56. The van der Waals surface area contributed by atoms with Gasteiger partial charge < -0.3 is 29.8 Å². The quantitative estimate of drug-likeness (QED) is 0.275. The fourth-order valence-corrected chi connectivity index (χ4v) is 5.94. The zero-order valence-electron chi connectivity index (χ0n) is 18.4. The van der Waals surface area contributed by atoms with Crippen LogP contribution in [-0.4, -0.2) is 37.0 Å². The molecule has 5 rings (SSSR count). The number of rotatable bonds is 7. The number of anilines is 3. The van der Waals surface area contributed by atoms with Crippen LogP contribution in [0, 0.1) is 0 Å². The molecule has 0 spiro atoms. The topological polar surface area (TPSA) is 119 Å². The maximum Gasteiger partial charge on any atom is 0.171 e. The summed E-state index contributed by atoms with van der Waals surface area (Å²) < 4.78 is 18.8. The lowest BCUT2D eigenvalue weighted by atomic mass is 10.1. The minimum atomic E-state index is -0.178. The van der Waals surface area contributed by atoms with Gasteiger partial charge in [0, 0.05) is 25.2 Å². The van der Waals surface area contributed by atoms with Crippen LogP contribution in [0.4, 0.5) is 17.2 Å². The molecule has 33 heavy (non-hydrogen) atoms. The van der Waals surface area contributed by atoms with Gasteiger partial charge in [-0.15, -0.1) is 0 Å². The molecular formula is C21H27N7O3S2. The minimum absolute atomic E-state index is 0.0872. The van der Waals surface area contributed by atoms with Gasteiger partial charge >= 0.3 is 0 Å². The molecule has 2 aliphatic heterocycles. The van der Waals surface area contributed by atoms with Crippen molar-refractivity contribution in [2.24, 2.45) is 0 Å². The summed E-state index contributed by atoms with van der Waals surface area (Å²) in [5.74, 6) is 1.69. The van der Waals surface area contributed by atoms with Gasteiger partial charge in [-0.1, -0.05) is 35.7 Å². The Morgan fingerprint density at radius 2 is 1.70 bits per heavy atom. The van der Waals surface area contributed by atoms with Crippen molar-refractivity contribution in [3.8, 4) is 5.75 Å². The number of aromatic nitrogens is 1. The molecule has 0 aliphatic carbocycles. The first kappa shape index (κ1) is 22.6. The third-order valence-corrected chi connectivity index (χ3v) is 7.88. The fourth-order valence-electron chi connectivity index (χ4n) is 3.98. The van der Waals surface area contributed by atoms with E-state index in [1.807, 2.05) is 30.3 Å². The second-order valence-electron chi connectivity index (χ2n) is 7.44. The number of para-hydroxylation sites is 2. The SMILES string of the molecule is COc1ccc2c(c1)c(C1NNC(OC)S1)c(Nc1ccccc1N)n2C1NNC(OC)S1. The van der Waals surface area contributed by atoms with Crippen molar-refractivity contribution in [3.63, 3.8) is 0 Å². The van der Waals surface area contributed by atoms with Gasteiger partial charge in [-0.25, -0.2) is 21.7 Å². The first-order valence-electron chi connectivity index (χ1n) is 10.3. The van der Waals surface area contributed by atoms with Gasteiger partial charge in [0.25, 0.3) is 0 Å². The third kappa shape index (κ3) is 4.24. The highest BCUT2D eigenvalue weighted by Crippen LogP contribution is 2.47. The fraction of sp³-hybridized carbons (Fsp3) is 0.333. The van der Waals surface area contributed by atoms with Gasteiger partial charge in [0.1, 0.15) is 17.1 Å². The van der Waals surface area contributed by atoms with Crippen molar-refractivity contribution >= 4 is 51.6 Å². The molecule has 2 aliphatic rings. The highest BCUT2D eigenvalue weighted by molar-refractivity contribution is 8.00. The lowest BCUT2D eigenvalue weighted by Crippen LogP contribution is -2.33. The van der Waals surface area contributed by atoms with Gasteiger partial charge in [0.2, 0.25) is 0 Å². The van der Waals surface area contributed by atoms with E-state index in [9.17, 15) is 0 Å². The van der Waals surface area contributed by atoms with Crippen LogP contribution < -0.4 is 37.5 Å². The lowest BCUT2D eigenvalue weighted by Gasteiger charge is -2.21. The molecule has 176 valence electrons. The second-order valence-corrected chi connectivity index (χ2v) is 9.76. The Morgan fingerprint density at radius 1 is 0.939 bits per heavy atom. The average molecular weight is 490 g/mol. The van der Waals surface area contributed by atoms with Gasteiger partial charge in [0.05, 0.1) is 29.4 Å². The van der Waals surface area contributed by atoms with E-state index in [0.29, 0.717) is 5.69 Å². The Kier molecular flexibility index (Phi) is 6.58. The predicted octanol–water partition coefficient (Wildman–Crippen LogP) is 2.97. The van der Waals surface area contributed by atoms with Gasteiger partial charge in [-0.3, -0.25) is 0 Å². The van der Waals surface area contributed by atoms with Crippen LogP contribution in [0.2, 0.25) is 0 Å². The zero-order valence-corrected chi connectivity index (χ0v) is 20.0. The van der Waals surface area contributed by atoms with Gasteiger partial charge in [-0.2, -0.15) is 0 Å². The molecule has 10 nitrogen and oxygen atoms in total. The first-order valence-corrected chi connectivity index (χ1v) is 12.2. The molecule has 0 saturated carbocycles. The molecule has 1 aromatic heterocycles. The van der Waals surface area contributed by atoms with E-state index in [0.717, 1.165) is 33.7 Å². The summed E-state index contributed by atoms with van der Waals surface area (Å²) in [6.07, 6.45) is 0. The van der Waals surface area contributed by atoms with Crippen molar-refractivity contribution in [3.05, 3.63) is 48.0 Å². The molecular weight excluding hydrogens is 462 g/mol. The highest BCUT2D eigenvalue weighted by Gasteiger charge is 2.35. The Labute approximate surface area is 200 Å². The van der Waals surface area contributed by atoms with Crippen LogP contribution in [0.1, 0.15) is 16.4 Å². The number of nitrogen functional groups attached to an aromatic ring is 1. The molecule has 7 N–H and O–H groups in total. The number of nitrogens with zero attached hydrogens (tertiary/aromatic N) is 1. The van der Waals surface area contributed by atoms with E-state index in [1.165, 1.54) is 0 Å². The number of hydrogen-bond donors (Lipinski definition) is 6. The van der Waals surface area contributed by atoms with E-state index in [-0.39, 0.29) is 22.0 Å². The van der Waals surface area contributed by atoms with Gasteiger partial charge in [-0.05, 0) is 30.3 Å². The molecule has 0 bridgehead atoms. The van der Waals surface area contributed by atoms with Crippen LogP contribution in [0.25, 0.3) is 10.9 Å². The summed E-state index contributed by atoms with van der Waals surface area (Å²) in [5.41, 5.74) is 22.5. The largest absolute Gasteiger partial charge is 0.497 e. The molecule has 0 amide bonds. The summed E-state index contributed by atoms with van der Waals surface area (Å²) in [6, 6.07) is 13.8. The number of fused-ring (bicyclic) bond motifs is 1. The first-order chi connectivity index (χ1) is 16.1. The molecule has 2 fully saturated rings. The van der Waals surface area contributed by atoms with Crippen LogP contribution >= 0.6 is 23.5 Å². The monoisotopic (exact) mass is 489 g/mol. The smallest absolute Gasteiger partial charge is 0.171 e. The number of hydrazine groups is 2. The Hall–Kier alpha value is -2.16. The highest BCUT2D eigenvalue weighted by atomic mass is 32.2. The Balaban J connectivity index is 1.71. The summed E-state index contributed by atoms with van der Waals surface area (Å²) in [5, 5.41) is 4.58. The molecule has 0 radical (unpaired) electrons. The maximum atomic E-state index is 6.30. The van der Waals surface area contributed by atoms with E-state index in [1.54, 1.807) is 44.9 Å².